The first-order valence-electron chi connectivity index (χ1n) is 5.44. The van der Waals surface area contributed by atoms with Gasteiger partial charge in [0.2, 0.25) is 0 Å². The van der Waals surface area contributed by atoms with Crippen LogP contribution in [0.2, 0.25) is 5.15 Å². The lowest BCUT2D eigenvalue weighted by Gasteiger charge is -2.08. The molecule has 2 aromatic rings. The number of nitrogens with one attached hydrogen (secondary N) is 1. The number of hydrogen-bond donors (Lipinski definition) is 2. The Morgan fingerprint density at radius 1 is 1.42 bits per heavy atom. The number of aromatic carboxylic acids is 1. The number of halogens is 2. The Kier molecular flexibility index (Phi) is 4.79. The minimum Gasteiger partial charge on any atom is -0.478 e. The van der Waals surface area contributed by atoms with E-state index in [1.165, 1.54) is 17.0 Å². The lowest BCUT2D eigenvalue weighted by atomic mass is 10.2. The number of nitrogens with zero attached hydrogens (tertiary/aromatic N) is 1. The highest BCUT2D eigenvalue weighted by Gasteiger charge is 2.11. The first-order valence-corrected chi connectivity index (χ1v) is 7.43. The molecule has 0 atom stereocenters. The van der Waals surface area contributed by atoms with Crippen LogP contribution >= 0.6 is 38.9 Å². The molecule has 0 aromatic carbocycles. The van der Waals surface area contributed by atoms with Gasteiger partial charge in [-0.05, 0) is 46.6 Å². The molecule has 2 rings (SSSR count). The van der Waals surface area contributed by atoms with Gasteiger partial charge in [-0.15, -0.1) is 11.3 Å². The van der Waals surface area contributed by atoms with Crippen molar-refractivity contribution in [1.82, 2.24) is 4.98 Å². The zero-order valence-corrected chi connectivity index (χ0v) is 12.8. The number of thiophene rings is 1. The van der Waals surface area contributed by atoms with Gasteiger partial charge in [0.15, 0.2) is 0 Å². The summed E-state index contributed by atoms with van der Waals surface area (Å²) in [5.41, 5.74) is 0.122. The summed E-state index contributed by atoms with van der Waals surface area (Å²) in [4.78, 5) is 16.2. The molecule has 0 saturated heterocycles. The summed E-state index contributed by atoms with van der Waals surface area (Å²) in [7, 11) is 0. The third-order valence-electron chi connectivity index (χ3n) is 2.38. The Morgan fingerprint density at radius 3 is 2.84 bits per heavy atom. The van der Waals surface area contributed by atoms with Crippen LogP contribution in [0.25, 0.3) is 0 Å². The lowest BCUT2D eigenvalue weighted by Crippen LogP contribution is -2.10. The number of aromatic nitrogens is 1. The predicted octanol–water partition coefficient (Wildman–Crippen LogP) is 3.91. The number of hydrogen-bond acceptors (Lipinski definition) is 4. The monoisotopic (exact) mass is 360 g/mol. The van der Waals surface area contributed by atoms with E-state index in [0.29, 0.717) is 12.4 Å². The number of carboxylic acids is 1. The zero-order valence-electron chi connectivity index (χ0n) is 9.69. The Bertz CT molecular complexity index is 603. The minimum atomic E-state index is -1.02. The second kappa shape index (κ2) is 6.36. The number of carboxylic acid groups (broad SMARTS) is 1. The van der Waals surface area contributed by atoms with Crippen molar-refractivity contribution in [3.05, 3.63) is 43.6 Å². The van der Waals surface area contributed by atoms with Crippen molar-refractivity contribution in [2.24, 2.45) is 0 Å². The fourth-order valence-electron chi connectivity index (χ4n) is 1.53. The molecule has 0 unspecified atom stereocenters. The Morgan fingerprint density at radius 2 is 2.21 bits per heavy atom. The van der Waals surface area contributed by atoms with Crippen molar-refractivity contribution in [3.63, 3.8) is 0 Å². The van der Waals surface area contributed by atoms with Crippen molar-refractivity contribution >= 4 is 50.7 Å². The molecule has 4 nitrogen and oxygen atoms in total. The Labute approximate surface area is 127 Å². The summed E-state index contributed by atoms with van der Waals surface area (Å²) >= 11 is 10.8. The van der Waals surface area contributed by atoms with Gasteiger partial charge in [-0.3, -0.25) is 0 Å². The van der Waals surface area contributed by atoms with E-state index in [4.69, 9.17) is 16.7 Å². The number of rotatable bonds is 5. The van der Waals surface area contributed by atoms with Crippen LogP contribution in [-0.4, -0.2) is 22.6 Å². The van der Waals surface area contributed by atoms with E-state index in [-0.39, 0.29) is 10.7 Å². The highest BCUT2D eigenvalue weighted by atomic mass is 79.9. The number of anilines is 1. The summed E-state index contributed by atoms with van der Waals surface area (Å²) < 4.78 is 1.08. The quantitative estimate of drug-likeness (QED) is 0.793. The summed E-state index contributed by atoms with van der Waals surface area (Å²) in [5, 5.41) is 12.3. The van der Waals surface area contributed by atoms with Crippen LogP contribution in [-0.2, 0) is 6.42 Å². The van der Waals surface area contributed by atoms with Crippen molar-refractivity contribution in [1.29, 1.82) is 0 Å². The van der Waals surface area contributed by atoms with Gasteiger partial charge in [0.25, 0.3) is 0 Å². The molecule has 0 saturated carbocycles. The summed E-state index contributed by atoms with van der Waals surface area (Å²) in [5.74, 6) is -0.721. The maximum atomic E-state index is 11.0. The molecule has 7 heteroatoms. The van der Waals surface area contributed by atoms with E-state index >= 15 is 0 Å². The Hall–Kier alpha value is -1.11. The second-order valence-electron chi connectivity index (χ2n) is 3.72. The highest BCUT2D eigenvalue weighted by Crippen LogP contribution is 2.22. The van der Waals surface area contributed by atoms with E-state index in [0.717, 1.165) is 10.2 Å². The van der Waals surface area contributed by atoms with Gasteiger partial charge in [-0.2, -0.15) is 0 Å². The molecule has 0 fully saturated rings. The van der Waals surface area contributed by atoms with Crippen LogP contribution in [0.1, 0.15) is 15.2 Å². The van der Waals surface area contributed by atoms with E-state index in [2.05, 4.69) is 26.2 Å². The molecule has 0 radical (unpaired) electrons. The first-order chi connectivity index (χ1) is 9.06. The average Bonchev–Trinajstić information content (AvgIpc) is 2.75. The van der Waals surface area contributed by atoms with Gasteiger partial charge in [0, 0.05) is 11.4 Å². The molecule has 100 valence electrons. The van der Waals surface area contributed by atoms with Gasteiger partial charge < -0.3 is 10.4 Å². The maximum absolute atomic E-state index is 11.0. The molecule has 0 bridgehead atoms. The average molecular weight is 362 g/mol. The molecule has 0 aliphatic heterocycles. The van der Waals surface area contributed by atoms with Crippen molar-refractivity contribution in [2.75, 3.05) is 11.9 Å². The molecular weight excluding hydrogens is 352 g/mol. The van der Waals surface area contributed by atoms with Crippen LogP contribution in [0.3, 0.4) is 0 Å². The highest BCUT2D eigenvalue weighted by molar-refractivity contribution is 9.11. The normalized spacial score (nSPS) is 10.4. The summed E-state index contributed by atoms with van der Waals surface area (Å²) in [6, 6.07) is 6.93. The number of carbonyl (C=O) groups is 1. The minimum absolute atomic E-state index is 0.122. The van der Waals surface area contributed by atoms with Crippen molar-refractivity contribution in [2.45, 2.75) is 6.42 Å². The molecule has 2 N–H and O–H groups in total. The van der Waals surface area contributed by atoms with Gasteiger partial charge in [-0.1, -0.05) is 11.6 Å². The van der Waals surface area contributed by atoms with E-state index in [1.807, 2.05) is 12.1 Å². The van der Waals surface area contributed by atoms with Crippen LogP contribution in [0.15, 0.2) is 28.1 Å². The molecule has 0 aliphatic carbocycles. The van der Waals surface area contributed by atoms with Gasteiger partial charge in [0.1, 0.15) is 16.5 Å². The van der Waals surface area contributed by atoms with E-state index in [1.54, 1.807) is 11.3 Å². The van der Waals surface area contributed by atoms with Crippen molar-refractivity contribution in [3.8, 4) is 0 Å². The molecule has 2 heterocycles. The molecular formula is C12H10BrClN2O2S. The molecule has 2 aromatic heterocycles. The van der Waals surface area contributed by atoms with Crippen LogP contribution in [0.4, 0.5) is 5.82 Å². The molecule has 0 amide bonds. The standard InChI is InChI=1S/C12H10BrClN2O2S/c13-9-3-1-7(19-9)5-6-15-11-8(12(17)18)2-4-10(14)16-11/h1-4H,5-6H2,(H,15,16)(H,17,18). The third kappa shape index (κ3) is 3.92. The smallest absolute Gasteiger partial charge is 0.339 e. The van der Waals surface area contributed by atoms with E-state index in [9.17, 15) is 4.79 Å². The van der Waals surface area contributed by atoms with Crippen molar-refractivity contribution < 1.29 is 9.90 Å². The largest absolute Gasteiger partial charge is 0.478 e. The summed E-state index contributed by atoms with van der Waals surface area (Å²) in [6.45, 7) is 0.598. The topological polar surface area (TPSA) is 62.2 Å². The fourth-order valence-corrected chi connectivity index (χ4v) is 3.16. The number of pyridine rings is 1. The first kappa shape index (κ1) is 14.3. The lowest BCUT2D eigenvalue weighted by molar-refractivity contribution is 0.0697. The molecule has 0 aliphatic rings. The maximum Gasteiger partial charge on any atom is 0.339 e. The molecule has 0 spiro atoms. The zero-order chi connectivity index (χ0) is 13.8. The Balaban J connectivity index is 2.02. The van der Waals surface area contributed by atoms with E-state index < -0.39 is 5.97 Å². The van der Waals surface area contributed by atoms with Gasteiger partial charge in [-0.25, -0.2) is 9.78 Å². The second-order valence-corrected chi connectivity index (χ2v) is 6.65. The predicted molar refractivity (Wildman–Crippen MR) is 80.4 cm³/mol. The van der Waals surface area contributed by atoms with Crippen LogP contribution in [0.5, 0.6) is 0 Å². The molecule has 19 heavy (non-hydrogen) atoms. The van der Waals surface area contributed by atoms with Crippen LogP contribution < -0.4 is 5.32 Å². The fraction of sp³-hybridized carbons (Fsp3) is 0.167. The van der Waals surface area contributed by atoms with Gasteiger partial charge >= 0.3 is 5.97 Å². The van der Waals surface area contributed by atoms with Gasteiger partial charge in [0.05, 0.1) is 3.79 Å². The SMILES string of the molecule is O=C(O)c1ccc(Cl)nc1NCCc1ccc(Br)s1. The third-order valence-corrected chi connectivity index (χ3v) is 4.28. The van der Waals surface area contributed by atoms with Crippen LogP contribution in [0, 0.1) is 0 Å². The summed E-state index contributed by atoms with van der Waals surface area (Å²) in [6.07, 6.45) is 0.795.